The molecule has 4 nitrogen and oxygen atoms in total. The van der Waals surface area contributed by atoms with Gasteiger partial charge in [0, 0.05) is 0 Å². The molecule has 0 bridgehead atoms. The third kappa shape index (κ3) is 1.65. The molecule has 0 spiro atoms. The Morgan fingerprint density at radius 1 is 1.75 bits per heavy atom. The van der Waals surface area contributed by atoms with E-state index in [0.717, 1.165) is 0 Å². The summed E-state index contributed by atoms with van der Waals surface area (Å²) >= 11 is 5.66. The Kier molecular flexibility index (Phi) is 2.50. The number of nitrogens with two attached hydrogens (primary N) is 1. The molecule has 1 aromatic heterocycles. The second-order valence-electron chi connectivity index (χ2n) is 2.09. The van der Waals surface area contributed by atoms with Crippen LogP contribution in [0.3, 0.4) is 0 Å². The molecule has 0 fully saturated rings. The van der Waals surface area contributed by atoms with Gasteiger partial charge in [0.25, 0.3) is 0 Å². The highest BCUT2D eigenvalue weighted by atomic mass is 35.5. The van der Waals surface area contributed by atoms with Crippen molar-refractivity contribution < 1.29 is 9.53 Å². The predicted molar refractivity (Wildman–Crippen MR) is 45.0 cm³/mol. The number of pyridine rings is 1. The van der Waals surface area contributed by atoms with Crippen molar-refractivity contribution in [2.75, 3.05) is 12.8 Å². The smallest absolute Gasteiger partial charge is 0.358 e. The van der Waals surface area contributed by atoms with Crippen molar-refractivity contribution in [3.8, 4) is 0 Å². The van der Waals surface area contributed by atoms with Gasteiger partial charge in [0.05, 0.1) is 24.0 Å². The highest BCUT2D eigenvalue weighted by Crippen LogP contribution is 2.16. The van der Waals surface area contributed by atoms with Crippen molar-refractivity contribution in [3.05, 3.63) is 23.0 Å². The molecule has 64 valence electrons. The number of anilines is 1. The Bertz CT molecular complexity index is 314. The van der Waals surface area contributed by atoms with Gasteiger partial charge in [0.1, 0.15) is 0 Å². The Morgan fingerprint density at radius 3 is 2.92 bits per heavy atom. The van der Waals surface area contributed by atoms with Crippen molar-refractivity contribution >= 4 is 23.3 Å². The van der Waals surface area contributed by atoms with Gasteiger partial charge in [0.15, 0.2) is 5.69 Å². The molecule has 0 saturated carbocycles. The summed E-state index contributed by atoms with van der Waals surface area (Å²) in [7, 11) is 1.26. The van der Waals surface area contributed by atoms with Crippen LogP contribution in [0.15, 0.2) is 12.3 Å². The lowest BCUT2D eigenvalue weighted by Crippen LogP contribution is -2.05. The largest absolute Gasteiger partial charge is 0.464 e. The molecule has 1 rings (SSSR count). The van der Waals surface area contributed by atoms with Crippen LogP contribution in [0.25, 0.3) is 0 Å². The fourth-order valence-electron chi connectivity index (χ4n) is 0.700. The molecule has 5 heteroatoms. The number of carbonyl (C=O) groups is 1. The first-order valence-corrected chi connectivity index (χ1v) is 3.52. The fraction of sp³-hybridized carbons (Fsp3) is 0.143. The van der Waals surface area contributed by atoms with E-state index in [2.05, 4.69) is 9.72 Å². The molecule has 0 aliphatic rings. The van der Waals surface area contributed by atoms with E-state index < -0.39 is 5.97 Å². The molecule has 1 aromatic rings. The average molecular weight is 187 g/mol. The first-order chi connectivity index (χ1) is 5.65. The standard InChI is InChI=1S/C7H7ClN2O2/c1-12-7(11)6-5(8)2-4(9)3-10-6/h2-3H,9H2,1H3. The zero-order valence-corrected chi connectivity index (χ0v) is 7.13. The minimum absolute atomic E-state index is 0.0772. The summed E-state index contributed by atoms with van der Waals surface area (Å²) in [6, 6.07) is 1.45. The number of halogens is 1. The molecule has 0 aliphatic heterocycles. The van der Waals surface area contributed by atoms with E-state index in [-0.39, 0.29) is 10.7 Å². The van der Waals surface area contributed by atoms with Crippen molar-refractivity contribution in [2.45, 2.75) is 0 Å². The second-order valence-corrected chi connectivity index (χ2v) is 2.50. The number of aromatic nitrogens is 1. The molecule has 0 aliphatic carbocycles. The highest BCUT2D eigenvalue weighted by Gasteiger charge is 2.11. The van der Waals surface area contributed by atoms with E-state index in [1.807, 2.05) is 0 Å². The van der Waals surface area contributed by atoms with E-state index in [4.69, 9.17) is 17.3 Å². The Balaban J connectivity index is 3.09. The summed E-state index contributed by atoms with van der Waals surface area (Å²) in [5.74, 6) is -0.569. The van der Waals surface area contributed by atoms with Gasteiger partial charge in [0.2, 0.25) is 0 Å². The Labute approximate surface area is 74.3 Å². The second kappa shape index (κ2) is 3.40. The minimum atomic E-state index is -0.569. The number of rotatable bonds is 1. The van der Waals surface area contributed by atoms with Gasteiger partial charge < -0.3 is 10.5 Å². The van der Waals surface area contributed by atoms with Crippen molar-refractivity contribution in [1.82, 2.24) is 4.98 Å². The Morgan fingerprint density at radius 2 is 2.42 bits per heavy atom. The van der Waals surface area contributed by atoms with Crippen LogP contribution in [-0.4, -0.2) is 18.1 Å². The first kappa shape index (κ1) is 8.80. The summed E-state index contributed by atoms with van der Waals surface area (Å²) < 4.78 is 4.43. The topological polar surface area (TPSA) is 65.2 Å². The number of nitrogens with zero attached hydrogens (tertiary/aromatic N) is 1. The van der Waals surface area contributed by atoms with Crippen LogP contribution in [0.1, 0.15) is 10.5 Å². The van der Waals surface area contributed by atoms with Crippen LogP contribution in [-0.2, 0) is 4.74 Å². The third-order valence-corrected chi connectivity index (χ3v) is 1.53. The molecule has 1 heterocycles. The Hall–Kier alpha value is -1.29. The van der Waals surface area contributed by atoms with Gasteiger partial charge in [-0.05, 0) is 6.07 Å². The lowest BCUT2D eigenvalue weighted by Gasteiger charge is -2.00. The molecule has 0 unspecified atom stereocenters. The SMILES string of the molecule is COC(=O)c1ncc(N)cc1Cl. The number of hydrogen-bond donors (Lipinski definition) is 1. The molecular formula is C7H7ClN2O2. The van der Waals surface area contributed by atoms with Crippen molar-refractivity contribution in [2.24, 2.45) is 0 Å². The van der Waals surface area contributed by atoms with Gasteiger partial charge in [-0.2, -0.15) is 0 Å². The molecule has 0 amide bonds. The van der Waals surface area contributed by atoms with E-state index in [0.29, 0.717) is 5.69 Å². The van der Waals surface area contributed by atoms with Crippen molar-refractivity contribution in [1.29, 1.82) is 0 Å². The maximum absolute atomic E-state index is 10.9. The highest BCUT2D eigenvalue weighted by molar-refractivity contribution is 6.33. The number of methoxy groups -OCH3 is 1. The van der Waals surface area contributed by atoms with Crippen LogP contribution >= 0.6 is 11.6 Å². The number of carbonyl (C=O) groups excluding carboxylic acids is 1. The van der Waals surface area contributed by atoms with Crippen LogP contribution in [0.4, 0.5) is 5.69 Å². The molecule has 0 saturated heterocycles. The summed E-state index contributed by atoms with van der Waals surface area (Å²) in [6.07, 6.45) is 1.35. The van der Waals surface area contributed by atoms with Crippen LogP contribution in [0, 0.1) is 0 Å². The summed E-state index contributed by atoms with van der Waals surface area (Å²) in [5, 5.41) is 0.196. The van der Waals surface area contributed by atoms with Gasteiger partial charge >= 0.3 is 5.97 Å². The van der Waals surface area contributed by atoms with Gasteiger partial charge in [-0.25, -0.2) is 9.78 Å². The van der Waals surface area contributed by atoms with Crippen LogP contribution < -0.4 is 5.73 Å². The molecule has 12 heavy (non-hydrogen) atoms. The van der Waals surface area contributed by atoms with Gasteiger partial charge in [-0.1, -0.05) is 11.6 Å². The fourth-order valence-corrected chi connectivity index (χ4v) is 0.952. The zero-order valence-electron chi connectivity index (χ0n) is 6.37. The van der Waals surface area contributed by atoms with E-state index in [1.54, 1.807) is 0 Å². The quantitative estimate of drug-likeness (QED) is 0.668. The van der Waals surface area contributed by atoms with Gasteiger partial charge in [-0.3, -0.25) is 0 Å². The number of ether oxygens (including phenoxy) is 1. The first-order valence-electron chi connectivity index (χ1n) is 3.14. The monoisotopic (exact) mass is 186 g/mol. The summed E-state index contributed by atoms with van der Waals surface area (Å²) in [6.45, 7) is 0. The van der Waals surface area contributed by atoms with Crippen LogP contribution in [0.5, 0.6) is 0 Å². The third-order valence-electron chi connectivity index (χ3n) is 1.24. The molecule has 0 aromatic carbocycles. The number of nitrogen functional groups attached to an aromatic ring is 1. The number of hydrogen-bond acceptors (Lipinski definition) is 4. The maximum atomic E-state index is 10.9. The lowest BCUT2D eigenvalue weighted by atomic mass is 10.3. The predicted octanol–water partition coefficient (Wildman–Crippen LogP) is 1.10. The van der Waals surface area contributed by atoms with E-state index >= 15 is 0 Å². The summed E-state index contributed by atoms with van der Waals surface area (Å²) in [5.41, 5.74) is 5.86. The van der Waals surface area contributed by atoms with E-state index in [9.17, 15) is 4.79 Å². The van der Waals surface area contributed by atoms with Crippen molar-refractivity contribution in [3.63, 3.8) is 0 Å². The maximum Gasteiger partial charge on any atom is 0.358 e. The molecular weight excluding hydrogens is 180 g/mol. The lowest BCUT2D eigenvalue weighted by molar-refractivity contribution is 0.0594. The molecule has 0 atom stereocenters. The van der Waals surface area contributed by atoms with Gasteiger partial charge in [-0.15, -0.1) is 0 Å². The van der Waals surface area contributed by atoms with E-state index in [1.165, 1.54) is 19.4 Å². The molecule has 2 N–H and O–H groups in total. The van der Waals surface area contributed by atoms with Crippen LogP contribution in [0.2, 0.25) is 5.02 Å². The summed E-state index contributed by atoms with van der Waals surface area (Å²) in [4.78, 5) is 14.7. The average Bonchev–Trinajstić information content (AvgIpc) is 2.03. The zero-order chi connectivity index (χ0) is 9.14. The molecule has 0 radical (unpaired) electrons. The minimum Gasteiger partial charge on any atom is -0.464 e. The normalized spacial score (nSPS) is 9.50. The number of esters is 1.